The van der Waals surface area contributed by atoms with E-state index in [0.717, 1.165) is 27.7 Å². The Bertz CT molecular complexity index is 860. The number of methoxy groups -OCH3 is 2. The van der Waals surface area contributed by atoms with Gasteiger partial charge in [-0.25, -0.2) is 9.97 Å². The highest BCUT2D eigenvalue weighted by molar-refractivity contribution is 7.98. The minimum atomic E-state index is 0.459. The first-order valence-corrected chi connectivity index (χ1v) is 8.71. The minimum Gasteiger partial charge on any atom is -0.497 e. The molecule has 0 unspecified atom stereocenters. The Morgan fingerprint density at radius 2 is 1.84 bits per heavy atom. The zero-order valence-electron chi connectivity index (χ0n) is 14.4. The molecule has 8 heteroatoms. The number of aryl methyl sites for hydroxylation is 1. The van der Waals surface area contributed by atoms with E-state index in [1.807, 2.05) is 31.4 Å². The summed E-state index contributed by atoms with van der Waals surface area (Å²) >= 11 is 1.51. The summed E-state index contributed by atoms with van der Waals surface area (Å²) in [6.45, 7) is 1.87. The molecule has 2 aromatic heterocycles. The molecule has 0 aliphatic rings. The molecule has 1 N–H and O–H groups in total. The van der Waals surface area contributed by atoms with E-state index in [2.05, 4.69) is 20.4 Å². The fourth-order valence-electron chi connectivity index (χ4n) is 2.35. The van der Waals surface area contributed by atoms with Gasteiger partial charge in [0, 0.05) is 30.1 Å². The molecule has 0 saturated heterocycles. The molecule has 130 valence electrons. The van der Waals surface area contributed by atoms with Crippen molar-refractivity contribution in [2.24, 2.45) is 0 Å². The van der Waals surface area contributed by atoms with Crippen LogP contribution in [0, 0.1) is 6.92 Å². The number of anilines is 2. The number of rotatable bonds is 6. The first kappa shape index (κ1) is 17.1. The molecule has 0 aliphatic heterocycles. The summed E-state index contributed by atoms with van der Waals surface area (Å²) in [6, 6.07) is 7.32. The Hall–Kier alpha value is -2.74. The van der Waals surface area contributed by atoms with Gasteiger partial charge in [-0.05, 0) is 19.2 Å². The average molecular weight is 358 g/mol. The molecule has 0 amide bonds. The SMILES string of the molecule is COc1cc(Nc2nccc(-c3c(SC)noc3C)n2)cc(OC)c1. The third-order valence-corrected chi connectivity index (χ3v) is 4.21. The quantitative estimate of drug-likeness (QED) is 0.664. The van der Waals surface area contributed by atoms with Gasteiger partial charge in [-0.3, -0.25) is 0 Å². The Morgan fingerprint density at radius 3 is 2.48 bits per heavy atom. The highest BCUT2D eigenvalue weighted by Gasteiger charge is 2.16. The lowest BCUT2D eigenvalue weighted by Gasteiger charge is -2.10. The maximum Gasteiger partial charge on any atom is 0.227 e. The van der Waals surface area contributed by atoms with Crippen molar-refractivity contribution in [2.75, 3.05) is 25.8 Å². The number of benzene rings is 1. The lowest BCUT2D eigenvalue weighted by Crippen LogP contribution is -1.99. The molecule has 0 fully saturated rings. The van der Waals surface area contributed by atoms with Gasteiger partial charge >= 0.3 is 0 Å². The standard InChI is InChI=1S/C17H18N4O3S/c1-10-15(16(25-4)21-24-10)14-5-6-18-17(20-14)19-11-7-12(22-2)9-13(8-11)23-3/h5-9H,1-4H3,(H,18,19,20). The molecule has 0 atom stereocenters. The van der Waals surface area contributed by atoms with Crippen LogP contribution in [0.25, 0.3) is 11.3 Å². The number of hydrogen-bond donors (Lipinski definition) is 1. The largest absolute Gasteiger partial charge is 0.497 e. The van der Waals surface area contributed by atoms with Gasteiger partial charge in [0.2, 0.25) is 5.95 Å². The van der Waals surface area contributed by atoms with Crippen LogP contribution in [-0.4, -0.2) is 35.6 Å². The van der Waals surface area contributed by atoms with E-state index < -0.39 is 0 Å². The van der Waals surface area contributed by atoms with Crippen LogP contribution in [0.5, 0.6) is 11.5 Å². The molecule has 0 spiro atoms. The highest BCUT2D eigenvalue weighted by atomic mass is 32.2. The molecular formula is C17H18N4O3S. The number of nitrogens with zero attached hydrogens (tertiary/aromatic N) is 3. The summed E-state index contributed by atoms with van der Waals surface area (Å²) < 4.78 is 15.8. The molecule has 1 aromatic carbocycles. The smallest absolute Gasteiger partial charge is 0.227 e. The predicted molar refractivity (Wildman–Crippen MR) is 96.9 cm³/mol. The summed E-state index contributed by atoms with van der Waals surface area (Å²) in [4.78, 5) is 8.85. The zero-order valence-corrected chi connectivity index (χ0v) is 15.2. The second kappa shape index (κ2) is 7.43. The predicted octanol–water partition coefficient (Wildman–Crippen LogP) is 3.92. The minimum absolute atomic E-state index is 0.459. The van der Waals surface area contributed by atoms with Gasteiger partial charge in [0.15, 0.2) is 0 Å². The van der Waals surface area contributed by atoms with Crippen molar-refractivity contribution in [1.29, 1.82) is 0 Å². The van der Waals surface area contributed by atoms with E-state index in [-0.39, 0.29) is 0 Å². The van der Waals surface area contributed by atoms with Gasteiger partial charge in [-0.15, -0.1) is 11.8 Å². The first-order valence-electron chi connectivity index (χ1n) is 7.48. The van der Waals surface area contributed by atoms with Crippen LogP contribution >= 0.6 is 11.8 Å². The van der Waals surface area contributed by atoms with Crippen molar-refractivity contribution in [3.8, 4) is 22.8 Å². The van der Waals surface area contributed by atoms with Crippen LogP contribution in [0.15, 0.2) is 40.0 Å². The van der Waals surface area contributed by atoms with E-state index in [1.165, 1.54) is 11.8 Å². The fraction of sp³-hybridized carbons (Fsp3) is 0.235. The normalized spacial score (nSPS) is 10.6. The Labute approximate surface area is 149 Å². The lowest BCUT2D eigenvalue weighted by atomic mass is 10.2. The number of aromatic nitrogens is 3. The summed E-state index contributed by atoms with van der Waals surface area (Å²) in [6.07, 6.45) is 3.64. The van der Waals surface area contributed by atoms with Crippen LogP contribution < -0.4 is 14.8 Å². The van der Waals surface area contributed by atoms with Gasteiger partial charge in [-0.2, -0.15) is 0 Å². The van der Waals surface area contributed by atoms with E-state index >= 15 is 0 Å². The molecule has 7 nitrogen and oxygen atoms in total. The van der Waals surface area contributed by atoms with Gasteiger partial charge in [0.25, 0.3) is 0 Å². The molecule has 3 rings (SSSR count). The Morgan fingerprint density at radius 1 is 1.12 bits per heavy atom. The number of ether oxygens (including phenoxy) is 2. The van der Waals surface area contributed by atoms with Crippen molar-refractivity contribution >= 4 is 23.4 Å². The molecule has 0 bridgehead atoms. The topological polar surface area (TPSA) is 82.3 Å². The van der Waals surface area contributed by atoms with Crippen LogP contribution in [0.2, 0.25) is 0 Å². The second-order valence-electron chi connectivity index (χ2n) is 5.11. The zero-order chi connectivity index (χ0) is 17.8. The summed E-state index contributed by atoms with van der Waals surface area (Å²) in [5.74, 6) is 2.53. The first-order chi connectivity index (χ1) is 12.1. The number of thioether (sulfide) groups is 1. The third kappa shape index (κ3) is 3.69. The molecule has 3 aromatic rings. The monoisotopic (exact) mass is 358 g/mol. The van der Waals surface area contributed by atoms with Gasteiger partial charge in [-0.1, -0.05) is 5.16 Å². The van der Waals surface area contributed by atoms with Crippen molar-refractivity contribution in [2.45, 2.75) is 11.9 Å². The molecule has 0 aliphatic carbocycles. The van der Waals surface area contributed by atoms with E-state index in [1.54, 1.807) is 26.5 Å². The molecule has 25 heavy (non-hydrogen) atoms. The third-order valence-electron chi connectivity index (χ3n) is 3.54. The molecule has 2 heterocycles. The summed E-state index contributed by atoms with van der Waals surface area (Å²) in [5.41, 5.74) is 2.39. The molecule has 0 radical (unpaired) electrons. The van der Waals surface area contributed by atoms with E-state index in [0.29, 0.717) is 17.4 Å². The van der Waals surface area contributed by atoms with Crippen molar-refractivity contribution in [1.82, 2.24) is 15.1 Å². The van der Waals surface area contributed by atoms with Crippen LogP contribution in [0.4, 0.5) is 11.6 Å². The lowest BCUT2D eigenvalue weighted by molar-refractivity contribution is 0.384. The maximum absolute atomic E-state index is 5.28. The van der Waals surface area contributed by atoms with Crippen LogP contribution in [0.1, 0.15) is 5.76 Å². The van der Waals surface area contributed by atoms with Crippen LogP contribution in [-0.2, 0) is 0 Å². The van der Waals surface area contributed by atoms with Crippen molar-refractivity contribution in [3.63, 3.8) is 0 Å². The fourth-order valence-corrected chi connectivity index (χ4v) is 2.91. The van der Waals surface area contributed by atoms with Gasteiger partial charge < -0.3 is 19.3 Å². The number of nitrogens with one attached hydrogen (secondary N) is 1. The average Bonchev–Trinajstić information content (AvgIpc) is 3.02. The van der Waals surface area contributed by atoms with Gasteiger partial charge in [0.05, 0.1) is 25.5 Å². The Balaban J connectivity index is 1.94. The maximum atomic E-state index is 5.28. The van der Waals surface area contributed by atoms with Crippen molar-refractivity contribution in [3.05, 3.63) is 36.2 Å². The molecule has 0 saturated carbocycles. The Kier molecular flexibility index (Phi) is 5.08. The van der Waals surface area contributed by atoms with E-state index in [9.17, 15) is 0 Å². The number of hydrogen-bond acceptors (Lipinski definition) is 8. The summed E-state index contributed by atoms with van der Waals surface area (Å²) in [5, 5.41) is 8.01. The highest BCUT2D eigenvalue weighted by Crippen LogP contribution is 2.32. The molecular weight excluding hydrogens is 340 g/mol. The summed E-state index contributed by atoms with van der Waals surface area (Å²) in [7, 11) is 3.21. The van der Waals surface area contributed by atoms with Crippen LogP contribution in [0.3, 0.4) is 0 Å². The second-order valence-corrected chi connectivity index (χ2v) is 5.91. The van der Waals surface area contributed by atoms with Crippen molar-refractivity contribution < 1.29 is 14.0 Å². The van der Waals surface area contributed by atoms with Gasteiger partial charge in [0.1, 0.15) is 22.3 Å². The van der Waals surface area contributed by atoms with E-state index in [4.69, 9.17) is 14.0 Å².